The lowest BCUT2D eigenvalue weighted by atomic mass is 10.4. The van der Waals surface area contributed by atoms with E-state index in [1.807, 2.05) is 0 Å². The van der Waals surface area contributed by atoms with Gasteiger partial charge in [0, 0.05) is 4.90 Å². The number of alkyl halides is 2. The SMILES string of the molecule is O=C(O)c1ccc(Sc2ccc(S(=O)(=O)C(F)F)cc2)o1. The first kappa shape index (κ1) is 15.5. The molecule has 0 amide bonds. The zero-order valence-corrected chi connectivity index (χ0v) is 11.8. The Morgan fingerprint density at radius 3 is 2.24 bits per heavy atom. The maximum atomic E-state index is 12.4. The summed E-state index contributed by atoms with van der Waals surface area (Å²) in [6, 6.07) is 7.51. The molecule has 0 fully saturated rings. The molecule has 0 aliphatic carbocycles. The Morgan fingerprint density at radius 2 is 1.76 bits per heavy atom. The molecular weight excluding hydrogens is 326 g/mol. The van der Waals surface area contributed by atoms with E-state index in [0.29, 0.717) is 4.90 Å². The van der Waals surface area contributed by atoms with Gasteiger partial charge in [0.2, 0.25) is 15.6 Å². The van der Waals surface area contributed by atoms with Crippen molar-refractivity contribution >= 4 is 27.6 Å². The fraction of sp³-hybridized carbons (Fsp3) is 0.0833. The summed E-state index contributed by atoms with van der Waals surface area (Å²) in [5.41, 5.74) is 0. The normalized spacial score (nSPS) is 11.8. The number of benzene rings is 1. The first-order valence-corrected chi connectivity index (χ1v) is 7.80. The van der Waals surface area contributed by atoms with Crippen molar-refractivity contribution in [2.75, 3.05) is 0 Å². The molecule has 0 unspecified atom stereocenters. The monoisotopic (exact) mass is 334 g/mol. The lowest BCUT2D eigenvalue weighted by Crippen LogP contribution is -2.10. The van der Waals surface area contributed by atoms with E-state index in [2.05, 4.69) is 0 Å². The molecule has 0 bridgehead atoms. The number of rotatable bonds is 5. The van der Waals surface area contributed by atoms with Gasteiger partial charge in [-0.05, 0) is 36.4 Å². The summed E-state index contributed by atoms with van der Waals surface area (Å²) >= 11 is 1.04. The van der Waals surface area contributed by atoms with E-state index in [9.17, 15) is 22.0 Å². The first-order valence-electron chi connectivity index (χ1n) is 5.44. The van der Waals surface area contributed by atoms with Crippen molar-refractivity contribution in [1.29, 1.82) is 0 Å². The van der Waals surface area contributed by atoms with E-state index >= 15 is 0 Å². The van der Waals surface area contributed by atoms with Crippen LogP contribution in [-0.4, -0.2) is 25.3 Å². The minimum atomic E-state index is -4.62. The molecule has 5 nitrogen and oxygen atoms in total. The number of furan rings is 1. The zero-order valence-electron chi connectivity index (χ0n) is 10.2. The van der Waals surface area contributed by atoms with Crippen LogP contribution in [0.25, 0.3) is 0 Å². The molecule has 1 aromatic heterocycles. The van der Waals surface area contributed by atoms with Crippen LogP contribution >= 0.6 is 11.8 Å². The van der Waals surface area contributed by atoms with E-state index < -0.39 is 26.5 Å². The van der Waals surface area contributed by atoms with Crippen molar-refractivity contribution in [2.45, 2.75) is 20.6 Å². The minimum absolute atomic E-state index is 0.227. The highest BCUT2D eigenvalue weighted by atomic mass is 32.2. The second kappa shape index (κ2) is 5.86. The molecule has 0 aliphatic heterocycles. The van der Waals surface area contributed by atoms with E-state index in [1.54, 1.807) is 0 Å². The lowest BCUT2D eigenvalue weighted by Gasteiger charge is -2.04. The molecule has 1 N–H and O–H groups in total. The van der Waals surface area contributed by atoms with Crippen LogP contribution in [-0.2, 0) is 9.84 Å². The molecule has 1 heterocycles. The lowest BCUT2D eigenvalue weighted by molar-refractivity contribution is 0.0656. The van der Waals surface area contributed by atoms with Crippen molar-refractivity contribution in [1.82, 2.24) is 0 Å². The van der Waals surface area contributed by atoms with Gasteiger partial charge in [-0.3, -0.25) is 0 Å². The number of carboxylic acids is 1. The van der Waals surface area contributed by atoms with Crippen LogP contribution < -0.4 is 0 Å². The summed E-state index contributed by atoms with van der Waals surface area (Å²) in [5, 5.41) is 8.99. The third-order valence-electron chi connectivity index (χ3n) is 2.40. The van der Waals surface area contributed by atoms with Gasteiger partial charge in [0.15, 0.2) is 5.09 Å². The summed E-state index contributed by atoms with van der Waals surface area (Å²) < 4.78 is 52.2. The van der Waals surface area contributed by atoms with E-state index in [-0.39, 0.29) is 10.9 Å². The Hall–Kier alpha value is -1.87. The maximum Gasteiger partial charge on any atom is 0.371 e. The molecule has 0 aliphatic rings. The number of carboxylic acid groups (broad SMARTS) is 1. The predicted molar refractivity (Wildman–Crippen MR) is 69.4 cm³/mol. The fourth-order valence-electron chi connectivity index (χ4n) is 1.41. The number of hydrogen-bond donors (Lipinski definition) is 1. The van der Waals surface area contributed by atoms with E-state index in [1.165, 1.54) is 24.3 Å². The molecular formula is C12H8F2O5S2. The van der Waals surface area contributed by atoms with Gasteiger partial charge < -0.3 is 9.52 Å². The average Bonchev–Trinajstić information content (AvgIpc) is 2.88. The molecule has 2 aromatic rings. The smallest absolute Gasteiger partial charge is 0.371 e. The third kappa shape index (κ3) is 3.42. The largest absolute Gasteiger partial charge is 0.475 e. The van der Waals surface area contributed by atoms with E-state index in [4.69, 9.17) is 9.52 Å². The van der Waals surface area contributed by atoms with Crippen LogP contribution in [0.2, 0.25) is 0 Å². The number of hydrogen-bond acceptors (Lipinski definition) is 5. The molecule has 0 saturated carbocycles. The quantitative estimate of drug-likeness (QED) is 0.904. The van der Waals surface area contributed by atoms with Crippen LogP contribution in [0.15, 0.2) is 55.7 Å². The van der Waals surface area contributed by atoms with Crippen LogP contribution in [0.1, 0.15) is 10.6 Å². The Morgan fingerprint density at radius 1 is 1.14 bits per heavy atom. The number of sulfone groups is 1. The Balaban J connectivity index is 2.18. The summed E-state index contributed by atoms with van der Waals surface area (Å²) in [4.78, 5) is 10.7. The molecule has 9 heteroatoms. The van der Waals surface area contributed by atoms with Gasteiger partial charge >= 0.3 is 11.7 Å². The van der Waals surface area contributed by atoms with Gasteiger partial charge in [0.25, 0.3) is 0 Å². The molecule has 0 spiro atoms. The summed E-state index contributed by atoms with van der Waals surface area (Å²) in [6.45, 7) is 0. The van der Waals surface area contributed by atoms with Crippen LogP contribution in [0, 0.1) is 0 Å². The summed E-state index contributed by atoms with van der Waals surface area (Å²) in [6.07, 6.45) is 0. The van der Waals surface area contributed by atoms with Crippen molar-refractivity contribution in [3.05, 3.63) is 42.2 Å². The average molecular weight is 334 g/mol. The highest BCUT2D eigenvalue weighted by molar-refractivity contribution is 7.99. The van der Waals surface area contributed by atoms with Crippen LogP contribution in [0.4, 0.5) is 8.78 Å². The Kier molecular flexibility index (Phi) is 4.33. The number of aromatic carboxylic acids is 1. The molecule has 21 heavy (non-hydrogen) atoms. The second-order valence-electron chi connectivity index (χ2n) is 3.80. The Labute approximate surface area is 122 Å². The molecule has 112 valence electrons. The minimum Gasteiger partial charge on any atom is -0.475 e. The standard InChI is InChI=1S/C12H8F2O5S2/c13-12(14)21(17,18)8-3-1-7(2-4-8)20-10-6-5-9(19-10)11(15)16/h1-6,12H,(H,15,16). The molecule has 1 aromatic carbocycles. The number of halogens is 2. The van der Waals surface area contributed by atoms with Crippen molar-refractivity contribution in [3.8, 4) is 0 Å². The first-order chi connectivity index (χ1) is 9.80. The highest BCUT2D eigenvalue weighted by Crippen LogP contribution is 2.30. The third-order valence-corrected chi connectivity index (χ3v) is 4.72. The zero-order chi connectivity index (χ0) is 15.6. The topological polar surface area (TPSA) is 84.6 Å². The highest BCUT2D eigenvalue weighted by Gasteiger charge is 2.26. The van der Waals surface area contributed by atoms with Crippen molar-refractivity contribution < 1.29 is 31.5 Å². The van der Waals surface area contributed by atoms with Gasteiger partial charge in [-0.2, -0.15) is 8.78 Å². The second-order valence-corrected chi connectivity index (χ2v) is 6.80. The van der Waals surface area contributed by atoms with Gasteiger partial charge in [-0.15, -0.1) is 0 Å². The van der Waals surface area contributed by atoms with Crippen LogP contribution in [0.5, 0.6) is 0 Å². The maximum absolute atomic E-state index is 12.4. The fourth-order valence-corrected chi connectivity index (χ4v) is 2.90. The summed E-state index contributed by atoms with van der Waals surface area (Å²) in [7, 11) is -4.62. The van der Waals surface area contributed by atoms with Crippen molar-refractivity contribution in [3.63, 3.8) is 0 Å². The number of carbonyl (C=O) groups is 1. The van der Waals surface area contributed by atoms with Crippen molar-refractivity contribution in [2.24, 2.45) is 0 Å². The molecule has 0 atom stereocenters. The van der Waals surface area contributed by atoms with Gasteiger partial charge in [0.05, 0.1) is 4.90 Å². The van der Waals surface area contributed by atoms with Crippen LogP contribution in [0.3, 0.4) is 0 Å². The van der Waals surface area contributed by atoms with Gasteiger partial charge in [0.1, 0.15) is 0 Å². The predicted octanol–water partition coefficient (Wildman–Crippen LogP) is 3.13. The Bertz CT molecular complexity index is 750. The van der Waals surface area contributed by atoms with E-state index in [0.717, 1.165) is 23.9 Å². The molecule has 0 saturated heterocycles. The molecule has 0 radical (unpaired) electrons. The van der Waals surface area contributed by atoms with Gasteiger partial charge in [-0.25, -0.2) is 13.2 Å². The summed E-state index contributed by atoms with van der Waals surface area (Å²) in [5.74, 6) is -4.91. The van der Waals surface area contributed by atoms with Gasteiger partial charge in [-0.1, -0.05) is 11.8 Å². The molecule has 2 rings (SSSR count).